The number of aromatic nitrogens is 1. The monoisotopic (exact) mass is 620 g/mol. The van der Waals surface area contributed by atoms with Gasteiger partial charge < -0.3 is 29.6 Å². The molecule has 2 aliphatic rings. The lowest BCUT2D eigenvalue weighted by molar-refractivity contribution is 0.0948. The Kier molecular flexibility index (Phi) is 8.09. The van der Waals surface area contributed by atoms with Crippen molar-refractivity contribution in [2.24, 2.45) is 0 Å². The topological polar surface area (TPSA) is 84.8 Å². The summed E-state index contributed by atoms with van der Waals surface area (Å²) < 4.78 is 29.7. The lowest BCUT2D eigenvalue weighted by Gasteiger charge is -2.27. The molecule has 2 N–H and O–H groups in total. The van der Waals surface area contributed by atoms with E-state index < -0.39 is 17.2 Å². The summed E-state index contributed by atoms with van der Waals surface area (Å²) in [5.74, 6) is 0.456. The number of hydrogen-bond donors (Lipinski definition) is 2. The summed E-state index contributed by atoms with van der Waals surface area (Å²) in [5.41, 5.74) is 2.85. The first-order valence-corrected chi connectivity index (χ1v) is 16.0. The molecule has 1 fully saturated rings. The minimum atomic E-state index is -0.624. The van der Waals surface area contributed by atoms with E-state index in [0.717, 1.165) is 66.5 Å². The fourth-order valence-corrected chi connectivity index (χ4v) is 6.63. The lowest BCUT2D eigenvalue weighted by Crippen LogP contribution is -2.36. The van der Waals surface area contributed by atoms with Crippen LogP contribution in [0.1, 0.15) is 41.3 Å². The van der Waals surface area contributed by atoms with Crippen LogP contribution < -0.4 is 25.5 Å². The minimum Gasteiger partial charge on any atom is -0.496 e. The maximum atomic E-state index is 16.0. The third kappa shape index (κ3) is 5.45. The third-order valence-corrected chi connectivity index (χ3v) is 9.10. The molecule has 0 aliphatic carbocycles. The third-order valence-electron chi connectivity index (χ3n) is 9.10. The number of anilines is 1. The molecule has 0 radical (unpaired) electrons. The molecule has 0 saturated carbocycles. The van der Waals surface area contributed by atoms with Gasteiger partial charge in [0.2, 0.25) is 5.43 Å². The zero-order valence-electron chi connectivity index (χ0n) is 26.1. The average Bonchev–Trinajstić information content (AvgIpc) is 3.59. The second kappa shape index (κ2) is 12.5. The van der Waals surface area contributed by atoms with Gasteiger partial charge in [-0.25, -0.2) is 4.39 Å². The molecule has 9 heteroatoms. The molecule has 46 heavy (non-hydrogen) atoms. The summed E-state index contributed by atoms with van der Waals surface area (Å²) >= 11 is 0. The molecule has 0 bridgehead atoms. The Bertz CT molecular complexity index is 2030. The Balaban J connectivity index is 1.27. The highest BCUT2D eigenvalue weighted by Crippen LogP contribution is 2.46. The summed E-state index contributed by atoms with van der Waals surface area (Å²) in [6, 6.07) is 19.1. The molecule has 5 aromatic rings. The Morgan fingerprint density at radius 1 is 1.02 bits per heavy atom. The highest BCUT2D eigenvalue weighted by atomic mass is 19.1. The molecule has 1 saturated heterocycles. The van der Waals surface area contributed by atoms with Crippen LogP contribution >= 0.6 is 0 Å². The number of carbonyl (C=O) groups excluding carboxylic acids is 1. The number of amides is 1. The van der Waals surface area contributed by atoms with E-state index in [0.29, 0.717) is 36.5 Å². The summed E-state index contributed by atoms with van der Waals surface area (Å²) in [4.78, 5) is 29.5. The predicted molar refractivity (Wildman–Crippen MR) is 180 cm³/mol. The van der Waals surface area contributed by atoms with E-state index in [1.165, 1.54) is 6.07 Å². The summed E-state index contributed by atoms with van der Waals surface area (Å²) in [6.07, 6.45) is 5.36. The Morgan fingerprint density at radius 2 is 1.80 bits per heavy atom. The van der Waals surface area contributed by atoms with Gasteiger partial charge in [-0.05, 0) is 84.9 Å². The SMILES string of the molecule is CCc1ccc(CCNc2c(F)cc3c(=O)c(C(=O)NCCN4CCCC4)cn4c3c2Oc2cc3ccccc3cc2-4)cc1OC. The van der Waals surface area contributed by atoms with E-state index in [1.807, 2.05) is 42.5 Å². The second-order valence-corrected chi connectivity index (χ2v) is 12.0. The first-order chi connectivity index (χ1) is 22.4. The van der Waals surface area contributed by atoms with Crippen molar-refractivity contribution in [2.45, 2.75) is 32.6 Å². The zero-order chi connectivity index (χ0) is 31.8. The van der Waals surface area contributed by atoms with Crippen molar-refractivity contribution >= 4 is 33.3 Å². The van der Waals surface area contributed by atoms with Crippen LogP contribution in [0.5, 0.6) is 17.2 Å². The number of methoxy groups -OCH3 is 1. The van der Waals surface area contributed by atoms with E-state index in [4.69, 9.17) is 9.47 Å². The van der Waals surface area contributed by atoms with Crippen LogP contribution in [0.25, 0.3) is 27.4 Å². The smallest absolute Gasteiger partial charge is 0.256 e. The first-order valence-electron chi connectivity index (χ1n) is 16.0. The number of pyridine rings is 1. The first kappa shape index (κ1) is 29.8. The zero-order valence-corrected chi connectivity index (χ0v) is 26.1. The van der Waals surface area contributed by atoms with Crippen molar-refractivity contribution in [3.8, 4) is 22.9 Å². The highest BCUT2D eigenvalue weighted by Gasteiger charge is 2.29. The molecule has 0 spiro atoms. The molecule has 0 unspecified atom stereocenters. The second-order valence-electron chi connectivity index (χ2n) is 12.0. The van der Waals surface area contributed by atoms with E-state index >= 15 is 4.39 Å². The number of ether oxygens (including phenoxy) is 2. The number of nitrogens with zero attached hydrogens (tertiary/aromatic N) is 2. The van der Waals surface area contributed by atoms with Crippen LogP contribution in [-0.4, -0.2) is 55.2 Å². The molecule has 8 nitrogen and oxygen atoms in total. The van der Waals surface area contributed by atoms with Crippen LogP contribution in [0.3, 0.4) is 0 Å². The molecule has 1 amide bonds. The number of benzene rings is 4. The molecule has 236 valence electrons. The number of halogens is 1. The van der Waals surface area contributed by atoms with Crippen molar-refractivity contribution in [1.82, 2.24) is 14.8 Å². The van der Waals surface area contributed by atoms with Gasteiger partial charge in [0.15, 0.2) is 17.3 Å². The van der Waals surface area contributed by atoms with Crippen LogP contribution in [0, 0.1) is 5.82 Å². The van der Waals surface area contributed by atoms with Crippen molar-refractivity contribution in [2.75, 3.05) is 45.2 Å². The Morgan fingerprint density at radius 3 is 2.57 bits per heavy atom. The summed E-state index contributed by atoms with van der Waals surface area (Å²) in [5, 5.41) is 8.17. The molecule has 2 aliphatic heterocycles. The molecule has 3 heterocycles. The summed E-state index contributed by atoms with van der Waals surface area (Å²) in [6.45, 7) is 5.68. The Labute approximate surface area is 266 Å². The van der Waals surface area contributed by atoms with Gasteiger partial charge in [0.25, 0.3) is 5.91 Å². The van der Waals surface area contributed by atoms with Crippen LogP contribution in [-0.2, 0) is 12.8 Å². The van der Waals surface area contributed by atoms with Crippen molar-refractivity contribution in [1.29, 1.82) is 0 Å². The van der Waals surface area contributed by atoms with Crippen LogP contribution in [0.2, 0.25) is 0 Å². The van der Waals surface area contributed by atoms with Gasteiger partial charge in [0.05, 0.1) is 18.2 Å². The van der Waals surface area contributed by atoms with E-state index in [1.54, 1.807) is 17.9 Å². The average molecular weight is 621 g/mol. The number of rotatable bonds is 10. The van der Waals surface area contributed by atoms with Gasteiger partial charge in [-0.1, -0.05) is 43.3 Å². The minimum absolute atomic E-state index is 0.0366. The van der Waals surface area contributed by atoms with Crippen molar-refractivity contribution < 1.29 is 18.7 Å². The highest BCUT2D eigenvalue weighted by molar-refractivity contribution is 6.02. The quantitative estimate of drug-likeness (QED) is 0.183. The largest absolute Gasteiger partial charge is 0.496 e. The van der Waals surface area contributed by atoms with E-state index in [-0.39, 0.29) is 22.4 Å². The van der Waals surface area contributed by atoms with Gasteiger partial charge >= 0.3 is 0 Å². The summed E-state index contributed by atoms with van der Waals surface area (Å²) in [7, 11) is 1.66. The number of fused-ring (bicyclic) bond motifs is 3. The fraction of sp³-hybridized carbons (Fsp3) is 0.297. The lowest BCUT2D eigenvalue weighted by atomic mass is 10.0. The molecule has 4 aromatic carbocycles. The maximum Gasteiger partial charge on any atom is 0.256 e. The molecular weight excluding hydrogens is 583 g/mol. The van der Waals surface area contributed by atoms with Gasteiger partial charge in [-0.2, -0.15) is 0 Å². The van der Waals surface area contributed by atoms with Crippen LogP contribution in [0.15, 0.2) is 71.7 Å². The van der Waals surface area contributed by atoms with E-state index in [9.17, 15) is 9.59 Å². The van der Waals surface area contributed by atoms with E-state index in [2.05, 4.69) is 34.6 Å². The number of nitrogens with one attached hydrogen (secondary N) is 2. The number of hydrogen-bond acceptors (Lipinski definition) is 6. The van der Waals surface area contributed by atoms with Gasteiger partial charge in [-0.3, -0.25) is 9.59 Å². The number of aryl methyl sites for hydroxylation is 1. The maximum absolute atomic E-state index is 16.0. The van der Waals surface area contributed by atoms with Crippen LogP contribution in [0.4, 0.5) is 10.1 Å². The normalized spacial score (nSPS) is 13.9. The molecular formula is C37H37FN4O4. The van der Waals surface area contributed by atoms with Gasteiger partial charge in [0, 0.05) is 25.8 Å². The molecule has 7 rings (SSSR count). The van der Waals surface area contributed by atoms with Gasteiger partial charge in [0.1, 0.15) is 22.5 Å². The van der Waals surface area contributed by atoms with Crippen molar-refractivity contribution in [3.05, 3.63) is 99.6 Å². The molecule has 1 aromatic heterocycles. The number of likely N-dealkylation sites (tertiary alicyclic amines) is 1. The predicted octanol–water partition coefficient (Wildman–Crippen LogP) is 6.44. The molecule has 0 atom stereocenters. The van der Waals surface area contributed by atoms with Gasteiger partial charge in [-0.15, -0.1) is 0 Å². The van der Waals surface area contributed by atoms with Crippen molar-refractivity contribution in [3.63, 3.8) is 0 Å². The number of carbonyl (C=O) groups is 1. The Hall–Kier alpha value is -4.89. The standard InChI is InChI=1S/C37H37FN4O4/c1-3-24-11-10-23(18-31(24)45-2)12-13-39-33-29(38)21-27-34-36(33)46-32-20-26-9-5-4-8-25(26)19-30(32)42(34)22-28(35(27)43)37(44)40-14-17-41-15-6-7-16-41/h4-5,8-11,18-22,39H,3,6-7,12-17H2,1-2H3,(H,40,44). The fourth-order valence-electron chi connectivity index (χ4n) is 6.63.